The number of carbonyl (C=O) groups is 1. The summed E-state index contributed by atoms with van der Waals surface area (Å²) in [5.41, 5.74) is 0. The van der Waals surface area contributed by atoms with Crippen molar-refractivity contribution in [1.29, 1.82) is 0 Å². The molecule has 2 aliphatic heterocycles. The maximum atomic E-state index is 11.8. The maximum absolute atomic E-state index is 11.8. The Bertz CT molecular complexity index is 419. The molecule has 2 aliphatic rings. The fourth-order valence-corrected chi connectivity index (χ4v) is 3.54. The first-order valence-corrected chi connectivity index (χ1v) is 8.81. The summed E-state index contributed by atoms with van der Waals surface area (Å²) in [5.74, 6) is 1.89. The standard InChI is InChI=1S/C17H32N4O2/c1-13-5-8-20(9-6-13)10-7-19-17(18-3)21-11-14(2)15(12-21)16(22)23-4/h13-15H,5-12H2,1-4H3,(H,18,19). The summed E-state index contributed by atoms with van der Waals surface area (Å²) in [4.78, 5) is 20.9. The molecule has 6 heteroatoms. The Morgan fingerprint density at radius 3 is 2.57 bits per heavy atom. The predicted molar refractivity (Wildman–Crippen MR) is 92.4 cm³/mol. The van der Waals surface area contributed by atoms with E-state index in [0.29, 0.717) is 12.5 Å². The van der Waals surface area contributed by atoms with Crippen LogP contribution in [0, 0.1) is 17.8 Å². The minimum atomic E-state index is -0.113. The van der Waals surface area contributed by atoms with E-state index in [1.807, 2.05) is 0 Å². The normalized spacial score (nSPS) is 27.3. The number of carbonyl (C=O) groups excluding carboxylic acids is 1. The second-order valence-corrected chi connectivity index (χ2v) is 7.01. The molecule has 1 N–H and O–H groups in total. The van der Waals surface area contributed by atoms with Crippen LogP contribution in [0.25, 0.3) is 0 Å². The highest BCUT2D eigenvalue weighted by Crippen LogP contribution is 2.24. The molecule has 0 saturated carbocycles. The fraction of sp³-hybridized carbons (Fsp3) is 0.882. The Hall–Kier alpha value is -1.30. The van der Waals surface area contributed by atoms with Crippen molar-refractivity contribution in [1.82, 2.24) is 15.1 Å². The van der Waals surface area contributed by atoms with Gasteiger partial charge in [0.2, 0.25) is 0 Å². The van der Waals surface area contributed by atoms with Crippen molar-refractivity contribution in [3.05, 3.63) is 0 Å². The number of hydrogen-bond acceptors (Lipinski definition) is 4. The summed E-state index contributed by atoms with van der Waals surface area (Å²) >= 11 is 0. The molecule has 6 nitrogen and oxygen atoms in total. The predicted octanol–water partition coefficient (Wildman–Crippen LogP) is 1.03. The molecule has 0 amide bonds. The van der Waals surface area contributed by atoms with Crippen molar-refractivity contribution in [3.63, 3.8) is 0 Å². The van der Waals surface area contributed by atoms with E-state index < -0.39 is 0 Å². The second kappa shape index (κ2) is 8.52. The zero-order chi connectivity index (χ0) is 16.8. The van der Waals surface area contributed by atoms with E-state index >= 15 is 0 Å². The van der Waals surface area contributed by atoms with Gasteiger partial charge in [0.15, 0.2) is 5.96 Å². The number of esters is 1. The van der Waals surface area contributed by atoms with Crippen molar-refractivity contribution in [2.45, 2.75) is 26.7 Å². The van der Waals surface area contributed by atoms with E-state index in [1.54, 1.807) is 7.05 Å². The summed E-state index contributed by atoms with van der Waals surface area (Å²) in [6, 6.07) is 0. The van der Waals surface area contributed by atoms with Crippen LogP contribution in [0.2, 0.25) is 0 Å². The minimum Gasteiger partial charge on any atom is -0.469 e. The second-order valence-electron chi connectivity index (χ2n) is 7.01. The summed E-state index contributed by atoms with van der Waals surface area (Å²) in [6.45, 7) is 10.3. The van der Waals surface area contributed by atoms with Gasteiger partial charge in [-0.2, -0.15) is 0 Å². The summed E-state index contributed by atoms with van der Waals surface area (Å²) in [6.07, 6.45) is 2.61. The largest absolute Gasteiger partial charge is 0.469 e. The van der Waals surface area contributed by atoms with Crippen molar-refractivity contribution < 1.29 is 9.53 Å². The highest BCUT2D eigenvalue weighted by Gasteiger charge is 2.36. The Morgan fingerprint density at radius 2 is 1.96 bits per heavy atom. The number of methoxy groups -OCH3 is 1. The van der Waals surface area contributed by atoms with Gasteiger partial charge in [0.05, 0.1) is 13.0 Å². The molecule has 0 aromatic heterocycles. The van der Waals surface area contributed by atoms with Crippen molar-refractivity contribution in [3.8, 4) is 0 Å². The van der Waals surface area contributed by atoms with Gasteiger partial charge in [0, 0.05) is 33.2 Å². The lowest BCUT2D eigenvalue weighted by atomic mass is 9.99. The zero-order valence-corrected chi connectivity index (χ0v) is 15.0. The van der Waals surface area contributed by atoms with E-state index in [2.05, 4.69) is 34.0 Å². The quantitative estimate of drug-likeness (QED) is 0.476. The lowest BCUT2D eigenvalue weighted by Gasteiger charge is -2.30. The van der Waals surface area contributed by atoms with Crippen LogP contribution >= 0.6 is 0 Å². The molecule has 2 fully saturated rings. The number of nitrogens with one attached hydrogen (secondary N) is 1. The Labute approximate surface area is 140 Å². The number of hydrogen-bond donors (Lipinski definition) is 1. The molecule has 2 atom stereocenters. The topological polar surface area (TPSA) is 57.2 Å². The molecule has 0 aliphatic carbocycles. The summed E-state index contributed by atoms with van der Waals surface area (Å²) in [7, 11) is 3.27. The molecule has 0 spiro atoms. The molecule has 2 rings (SSSR count). The van der Waals surface area contributed by atoms with E-state index in [4.69, 9.17) is 4.74 Å². The number of ether oxygens (including phenoxy) is 1. The van der Waals surface area contributed by atoms with Crippen molar-refractivity contribution in [2.75, 3.05) is 53.4 Å². The number of nitrogens with zero attached hydrogens (tertiary/aromatic N) is 3. The molecule has 0 bridgehead atoms. The monoisotopic (exact) mass is 324 g/mol. The average molecular weight is 324 g/mol. The smallest absolute Gasteiger partial charge is 0.310 e. The van der Waals surface area contributed by atoms with E-state index in [1.165, 1.54) is 33.0 Å². The van der Waals surface area contributed by atoms with E-state index in [-0.39, 0.29) is 11.9 Å². The number of rotatable bonds is 4. The number of aliphatic imine (C=N–C) groups is 1. The Kier molecular flexibility index (Phi) is 6.69. The van der Waals surface area contributed by atoms with Crippen LogP contribution in [0.15, 0.2) is 4.99 Å². The van der Waals surface area contributed by atoms with Crippen LogP contribution in [0.5, 0.6) is 0 Å². The molecule has 0 radical (unpaired) electrons. The first-order valence-electron chi connectivity index (χ1n) is 8.81. The molecule has 2 unspecified atom stereocenters. The van der Waals surface area contributed by atoms with Crippen LogP contribution in [0.3, 0.4) is 0 Å². The SMILES string of the molecule is CN=C(NCCN1CCC(C)CC1)N1CC(C)C(C(=O)OC)C1. The number of likely N-dealkylation sites (tertiary alicyclic amines) is 2. The molecular formula is C17H32N4O2. The van der Waals surface area contributed by atoms with Crippen molar-refractivity contribution in [2.24, 2.45) is 22.7 Å². The third kappa shape index (κ3) is 4.83. The van der Waals surface area contributed by atoms with Gasteiger partial charge in [-0.3, -0.25) is 9.79 Å². The average Bonchev–Trinajstić information content (AvgIpc) is 2.94. The molecule has 2 saturated heterocycles. The van der Waals surface area contributed by atoms with Crippen LogP contribution in [0.1, 0.15) is 26.7 Å². The third-order valence-corrected chi connectivity index (χ3v) is 5.22. The van der Waals surface area contributed by atoms with Gasteiger partial charge in [-0.1, -0.05) is 13.8 Å². The van der Waals surface area contributed by atoms with Gasteiger partial charge in [-0.05, 0) is 37.8 Å². The van der Waals surface area contributed by atoms with E-state index in [9.17, 15) is 4.79 Å². The van der Waals surface area contributed by atoms with Gasteiger partial charge in [0.25, 0.3) is 0 Å². The molecule has 132 valence electrons. The molecule has 0 aromatic rings. The maximum Gasteiger partial charge on any atom is 0.310 e. The van der Waals surface area contributed by atoms with Crippen LogP contribution in [-0.4, -0.2) is 75.2 Å². The number of guanidine groups is 1. The van der Waals surface area contributed by atoms with Crippen LogP contribution in [0.4, 0.5) is 0 Å². The lowest BCUT2D eigenvalue weighted by Crippen LogP contribution is -2.44. The van der Waals surface area contributed by atoms with Crippen LogP contribution < -0.4 is 5.32 Å². The zero-order valence-electron chi connectivity index (χ0n) is 15.0. The molecule has 0 aromatic carbocycles. The van der Waals surface area contributed by atoms with Crippen LogP contribution in [-0.2, 0) is 9.53 Å². The highest BCUT2D eigenvalue weighted by molar-refractivity contribution is 5.82. The molecule has 2 heterocycles. The molecule has 23 heavy (non-hydrogen) atoms. The fourth-order valence-electron chi connectivity index (χ4n) is 3.54. The van der Waals surface area contributed by atoms with Gasteiger partial charge < -0.3 is 19.9 Å². The first-order chi connectivity index (χ1) is 11.0. The summed E-state index contributed by atoms with van der Waals surface area (Å²) in [5, 5.41) is 3.45. The molecular weight excluding hydrogens is 292 g/mol. The minimum absolute atomic E-state index is 0.0536. The van der Waals surface area contributed by atoms with Gasteiger partial charge in [-0.25, -0.2) is 0 Å². The van der Waals surface area contributed by atoms with Gasteiger partial charge >= 0.3 is 5.97 Å². The number of piperidine rings is 1. The van der Waals surface area contributed by atoms with Crippen molar-refractivity contribution >= 4 is 11.9 Å². The lowest BCUT2D eigenvalue weighted by molar-refractivity contribution is -0.145. The van der Waals surface area contributed by atoms with Gasteiger partial charge in [0.1, 0.15) is 0 Å². The third-order valence-electron chi connectivity index (χ3n) is 5.22. The Morgan fingerprint density at radius 1 is 1.26 bits per heavy atom. The summed E-state index contributed by atoms with van der Waals surface area (Å²) < 4.78 is 4.90. The van der Waals surface area contributed by atoms with Gasteiger partial charge in [-0.15, -0.1) is 0 Å². The van der Waals surface area contributed by atoms with E-state index in [0.717, 1.165) is 31.5 Å². The Balaban J connectivity index is 1.76. The first kappa shape index (κ1) is 18.0. The highest BCUT2D eigenvalue weighted by atomic mass is 16.5.